The molecule has 0 aliphatic carbocycles. The summed E-state index contributed by atoms with van der Waals surface area (Å²) in [6, 6.07) is 18.3. The molecule has 27 heavy (non-hydrogen) atoms. The number of amides is 2. The second kappa shape index (κ2) is 8.95. The first-order valence-electron chi connectivity index (χ1n) is 8.30. The van der Waals surface area contributed by atoms with Crippen molar-refractivity contribution in [3.8, 4) is 11.4 Å². The normalized spacial score (nSPS) is 10.4. The first-order chi connectivity index (χ1) is 13.2. The maximum absolute atomic E-state index is 12.1. The van der Waals surface area contributed by atoms with Crippen LogP contribution in [0.5, 0.6) is 0 Å². The van der Waals surface area contributed by atoms with E-state index in [1.165, 1.54) is 11.8 Å². The zero-order chi connectivity index (χ0) is 19.1. The molecule has 0 radical (unpaired) electrons. The number of nitrogens with one attached hydrogen (secondary N) is 1. The molecule has 0 aliphatic rings. The predicted molar refractivity (Wildman–Crippen MR) is 105 cm³/mol. The van der Waals surface area contributed by atoms with Crippen LogP contribution in [0.4, 0.5) is 0 Å². The average molecular weight is 378 g/mol. The molecule has 1 heterocycles. The van der Waals surface area contributed by atoms with E-state index in [1.54, 1.807) is 30.3 Å². The standard InChI is InChI=1S/C20H18N4O2S/c1-2-13-24-18(15-9-5-3-6-10-15)22-23-20(24)27-14-17(25)21-19(26)16-11-7-4-8-12-16/h2-12H,1,13-14H2,(H,21,25,26). The number of nitrogens with zero attached hydrogens (tertiary/aromatic N) is 3. The number of benzene rings is 2. The van der Waals surface area contributed by atoms with Crippen molar-refractivity contribution < 1.29 is 9.59 Å². The number of aromatic nitrogens is 3. The molecule has 0 bridgehead atoms. The molecule has 6 nitrogen and oxygen atoms in total. The third-order valence-electron chi connectivity index (χ3n) is 3.68. The van der Waals surface area contributed by atoms with Crippen LogP contribution in [-0.4, -0.2) is 32.3 Å². The molecule has 2 amide bonds. The van der Waals surface area contributed by atoms with Crippen molar-refractivity contribution in [1.82, 2.24) is 20.1 Å². The maximum Gasteiger partial charge on any atom is 0.257 e. The van der Waals surface area contributed by atoms with Crippen LogP contribution < -0.4 is 5.32 Å². The van der Waals surface area contributed by atoms with Gasteiger partial charge in [-0.3, -0.25) is 19.5 Å². The van der Waals surface area contributed by atoms with Crippen LogP contribution in [0.15, 0.2) is 78.5 Å². The van der Waals surface area contributed by atoms with Crippen LogP contribution >= 0.6 is 11.8 Å². The minimum absolute atomic E-state index is 0.0582. The molecule has 0 fully saturated rings. The highest BCUT2D eigenvalue weighted by Crippen LogP contribution is 2.23. The number of carbonyl (C=O) groups excluding carboxylic acids is 2. The largest absolute Gasteiger partial charge is 0.298 e. The summed E-state index contributed by atoms with van der Waals surface area (Å²) in [5.41, 5.74) is 1.37. The molecule has 3 aromatic rings. The Balaban J connectivity index is 1.67. The molecule has 1 aromatic heterocycles. The number of hydrogen-bond acceptors (Lipinski definition) is 5. The second-order valence-corrected chi connectivity index (χ2v) is 6.55. The summed E-state index contributed by atoms with van der Waals surface area (Å²) in [6.45, 7) is 4.29. The Kier molecular flexibility index (Phi) is 6.17. The third kappa shape index (κ3) is 4.71. The summed E-state index contributed by atoms with van der Waals surface area (Å²) in [6.07, 6.45) is 1.75. The summed E-state index contributed by atoms with van der Waals surface area (Å²) >= 11 is 1.23. The molecule has 136 valence electrons. The number of hydrogen-bond donors (Lipinski definition) is 1. The van der Waals surface area contributed by atoms with Crippen molar-refractivity contribution in [2.45, 2.75) is 11.7 Å². The lowest BCUT2D eigenvalue weighted by Gasteiger charge is -2.08. The number of thioether (sulfide) groups is 1. The summed E-state index contributed by atoms with van der Waals surface area (Å²) in [4.78, 5) is 24.2. The topological polar surface area (TPSA) is 76.9 Å². The van der Waals surface area contributed by atoms with Gasteiger partial charge in [0.15, 0.2) is 11.0 Å². The molecule has 7 heteroatoms. The Hall–Kier alpha value is -3.19. The lowest BCUT2D eigenvalue weighted by molar-refractivity contribution is -0.117. The van der Waals surface area contributed by atoms with Gasteiger partial charge < -0.3 is 0 Å². The SMILES string of the molecule is C=CCn1c(SCC(=O)NC(=O)c2ccccc2)nnc1-c1ccccc1. The third-order valence-corrected chi connectivity index (χ3v) is 4.65. The van der Waals surface area contributed by atoms with Crippen LogP contribution in [0.3, 0.4) is 0 Å². The van der Waals surface area contributed by atoms with Gasteiger partial charge in [0, 0.05) is 17.7 Å². The molecule has 1 N–H and O–H groups in total. The Labute approximate surface area is 161 Å². The van der Waals surface area contributed by atoms with E-state index in [0.717, 1.165) is 5.56 Å². The molecule has 3 rings (SSSR count). The van der Waals surface area contributed by atoms with Crippen molar-refractivity contribution >= 4 is 23.6 Å². The lowest BCUT2D eigenvalue weighted by Crippen LogP contribution is -2.31. The molecule has 0 saturated carbocycles. The quantitative estimate of drug-likeness (QED) is 0.505. The van der Waals surface area contributed by atoms with Gasteiger partial charge in [0.25, 0.3) is 5.91 Å². The summed E-state index contributed by atoms with van der Waals surface area (Å²) in [5.74, 6) is -0.0383. The zero-order valence-electron chi connectivity index (χ0n) is 14.5. The van der Waals surface area contributed by atoms with E-state index in [-0.39, 0.29) is 11.7 Å². The van der Waals surface area contributed by atoms with E-state index in [4.69, 9.17) is 0 Å². The minimum atomic E-state index is -0.418. The molecular weight excluding hydrogens is 360 g/mol. The van der Waals surface area contributed by atoms with E-state index >= 15 is 0 Å². The summed E-state index contributed by atoms with van der Waals surface area (Å²) in [7, 11) is 0. The smallest absolute Gasteiger partial charge is 0.257 e. The van der Waals surface area contributed by atoms with Gasteiger partial charge in [-0.2, -0.15) is 0 Å². The monoisotopic (exact) mass is 378 g/mol. The molecule has 0 aliphatic heterocycles. The van der Waals surface area contributed by atoms with E-state index in [2.05, 4.69) is 22.1 Å². The fourth-order valence-corrected chi connectivity index (χ4v) is 3.19. The summed E-state index contributed by atoms with van der Waals surface area (Å²) in [5, 5.41) is 11.4. The average Bonchev–Trinajstić information content (AvgIpc) is 3.10. The fourth-order valence-electron chi connectivity index (χ4n) is 2.44. The fraction of sp³-hybridized carbons (Fsp3) is 0.100. The lowest BCUT2D eigenvalue weighted by atomic mass is 10.2. The van der Waals surface area contributed by atoms with Crippen LogP contribution in [0.1, 0.15) is 10.4 Å². The highest BCUT2D eigenvalue weighted by Gasteiger charge is 2.16. The van der Waals surface area contributed by atoms with Gasteiger partial charge in [-0.1, -0.05) is 66.4 Å². The minimum Gasteiger partial charge on any atom is -0.298 e. The van der Waals surface area contributed by atoms with E-state index in [0.29, 0.717) is 23.1 Å². The molecule has 2 aromatic carbocycles. The molecule has 0 unspecified atom stereocenters. The Morgan fingerprint density at radius 3 is 2.37 bits per heavy atom. The number of imide groups is 1. The summed E-state index contributed by atoms with van der Waals surface area (Å²) < 4.78 is 1.89. The first-order valence-corrected chi connectivity index (χ1v) is 9.29. The van der Waals surface area contributed by atoms with Crippen molar-refractivity contribution in [3.05, 3.63) is 78.9 Å². The highest BCUT2D eigenvalue weighted by atomic mass is 32.2. The molecular formula is C20H18N4O2S. The van der Waals surface area contributed by atoms with E-state index in [9.17, 15) is 9.59 Å². The van der Waals surface area contributed by atoms with Crippen molar-refractivity contribution in [1.29, 1.82) is 0 Å². The van der Waals surface area contributed by atoms with Gasteiger partial charge in [-0.25, -0.2) is 0 Å². The van der Waals surface area contributed by atoms with Gasteiger partial charge >= 0.3 is 0 Å². The van der Waals surface area contributed by atoms with Crippen LogP contribution in [-0.2, 0) is 11.3 Å². The second-order valence-electron chi connectivity index (χ2n) is 5.60. The maximum atomic E-state index is 12.1. The number of rotatable bonds is 7. The van der Waals surface area contributed by atoms with Gasteiger partial charge in [-0.05, 0) is 12.1 Å². The van der Waals surface area contributed by atoms with Gasteiger partial charge in [0.2, 0.25) is 5.91 Å². The number of allylic oxidation sites excluding steroid dienone is 1. The van der Waals surface area contributed by atoms with Crippen molar-refractivity contribution in [2.75, 3.05) is 5.75 Å². The Morgan fingerprint density at radius 2 is 1.70 bits per heavy atom. The predicted octanol–water partition coefficient (Wildman–Crippen LogP) is 3.18. The van der Waals surface area contributed by atoms with E-state index in [1.807, 2.05) is 41.0 Å². The van der Waals surface area contributed by atoms with E-state index < -0.39 is 5.91 Å². The van der Waals surface area contributed by atoms with Crippen molar-refractivity contribution in [2.24, 2.45) is 0 Å². The van der Waals surface area contributed by atoms with Crippen molar-refractivity contribution in [3.63, 3.8) is 0 Å². The zero-order valence-corrected chi connectivity index (χ0v) is 15.4. The van der Waals surface area contributed by atoms with Crippen LogP contribution in [0.25, 0.3) is 11.4 Å². The van der Waals surface area contributed by atoms with Crippen LogP contribution in [0, 0.1) is 0 Å². The molecule has 0 saturated heterocycles. The molecule has 0 spiro atoms. The Bertz CT molecular complexity index is 939. The van der Waals surface area contributed by atoms with Gasteiger partial charge in [0.05, 0.1) is 5.75 Å². The number of carbonyl (C=O) groups is 2. The van der Waals surface area contributed by atoms with Gasteiger partial charge in [0.1, 0.15) is 0 Å². The van der Waals surface area contributed by atoms with Crippen LogP contribution in [0.2, 0.25) is 0 Å². The molecule has 0 atom stereocenters. The van der Waals surface area contributed by atoms with Gasteiger partial charge in [-0.15, -0.1) is 16.8 Å². The highest BCUT2D eigenvalue weighted by molar-refractivity contribution is 7.99. The Morgan fingerprint density at radius 1 is 1.04 bits per heavy atom. The first kappa shape index (κ1) is 18.6.